The Labute approximate surface area is 80.3 Å². The molecule has 2 heterocycles. The Morgan fingerprint density at radius 1 is 1.50 bits per heavy atom. The molecule has 1 aliphatic heterocycles. The fraction of sp³-hybridized carbons (Fsp3) is 0.375. The van der Waals surface area contributed by atoms with Crippen LogP contribution in [0.15, 0.2) is 18.5 Å². The molecule has 1 aliphatic rings. The van der Waals surface area contributed by atoms with Gasteiger partial charge in [0.25, 0.3) is 5.91 Å². The molecule has 6 heteroatoms. The van der Waals surface area contributed by atoms with E-state index < -0.39 is 12.1 Å². The molecule has 1 atom stereocenters. The van der Waals surface area contributed by atoms with E-state index in [-0.39, 0.29) is 5.91 Å². The van der Waals surface area contributed by atoms with Crippen molar-refractivity contribution in [1.29, 1.82) is 0 Å². The monoisotopic (exact) mass is 194 g/mol. The fourth-order valence-electron chi connectivity index (χ4n) is 1.36. The quantitative estimate of drug-likeness (QED) is 0.636. The predicted octanol–water partition coefficient (Wildman–Crippen LogP) is -0.519. The highest BCUT2D eigenvalue weighted by molar-refractivity contribution is 6.04. The normalized spacial score (nSPS) is 20.7. The number of urea groups is 1. The summed E-state index contributed by atoms with van der Waals surface area (Å²) in [7, 11) is 0. The van der Waals surface area contributed by atoms with Gasteiger partial charge in [0.05, 0.1) is 0 Å². The second-order valence-corrected chi connectivity index (χ2v) is 3.07. The molecule has 1 unspecified atom stereocenters. The number of aromatic nitrogens is 2. The fourth-order valence-corrected chi connectivity index (χ4v) is 1.36. The largest absolute Gasteiger partial charge is 0.326 e. The Kier molecular flexibility index (Phi) is 2.18. The highest BCUT2D eigenvalue weighted by Crippen LogP contribution is 2.00. The zero-order chi connectivity index (χ0) is 9.97. The van der Waals surface area contributed by atoms with Crippen LogP contribution in [0.5, 0.6) is 0 Å². The molecule has 1 aromatic rings. The summed E-state index contributed by atoms with van der Waals surface area (Å²) >= 11 is 0. The number of imide groups is 1. The standard InChI is InChI=1S/C8H10N4O2/c13-7-6(10-8(14)11-7)2-5-12-4-1-3-9-12/h1,3-4,6H,2,5H2,(H2,10,11,13,14). The third-order valence-corrected chi connectivity index (χ3v) is 2.06. The van der Waals surface area contributed by atoms with Crippen LogP contribution in [-0.4, -0.2) is 27.8 Å². The molecule has 0 spiro atoms. The van der Waals surface area contributed by atoms with Crippen molar-refractivity contribution in [2.24, 2.45) is 0 Å². The van der Waals surface area contributed by atoms with Gasteiger partial charge in [-0.1, -0.05) is 0 Å². The molecule has 0 aliphatic carbocycles. The summed E-state index contributed by atoms with van der Waals surface area (Å²) in [6.45, 7) is 0.616. The van der Waals surface area contributed by atoms with Crippen molar-refractivity contribution in [3.8, 4) is 0 Å². The molecule has 1 aromatic heterocycles. The average Bonchev–Trinajstić information content (AvgIpc) is 2.72. The lowest BCUT2D eigenvalue weighted by Crippen LogP contribution is -2.30. The van der Waals surface area contributed by atoms with Crippen molar-refractivity contribution in [2.45, 2.75) is 19.0 Å². The Morgan fingerprint density at radius 3 is 2.93 bits per heavy atom. The topological polar surface area (TPSA) is 76.0 Å². The third-order valence-electron chi connectivity index (χ3n) is 2.06. The van der Waals surface area contributed by atoms with Gasteiger partial charge in [-0.05, 0) is 12.5 Å². The number of amides is 3. The number of aryl methyl sites for hydroxylation is 1. The smallest absolute Gasteiger partial charge is 0.322 e. The van der Waals surface area contributed by atoms with Crippen molar-refractivity contribution in [2.75, 3.05) is 0 Å². The van der Waals surface area contributed by atoms with Crippen LogP contribution in [0.25, 0.3) is 0 Å². The molecular weight excluding hydrogens is 184 g/mol. The summed E-state index contributed by atoms with van der Waals surface area (Å²) in [5, 5.41) is 8.70. The molecule has 0 aromatic carbocycles. The number of hydrogen-bond donors (Lipinski definition) is 2. The second kappa shape index (κ2) is 3.49. The van der Waals surface area contributed by atoms with Crippen molar-refractivity contribution in [3.63, 3.8) is 0 Å². The van der Waals surface area contributed by atoms with Crippen LogP contribution in [0.3, 0.4) is 0 Å². The van der Waals surface area contributed by atoms with E-state index in [1.807, 2.05) is 12.3 Å². The van der Waals surface area contributed by atoms with Crippen LogP contribution >= 0.6 is 0 Å². The molecule has 74 valence electrons. The van der Waals surface area contributed by atoms with Gasteiger partial charge in [-0.3, -0.25) is 14.8 Å². The van der Waals surface area contributed by atoms with Crippen molar-refractivity contribution in [1.82, 2.24) is 20.4 Å². The predicted molar refractivity (Wildman–Crippen MR) is 47.3 cm³/mol. The number of nitrogens with one attached hydrogen (secondary N) is 2. The van der Waals surface area contributed by atoms with Gasteiger partial charge in [0.2, 0.25) is 0 Å². The summed E-state index contributed by atoms with van der Waals surface area (Å²) in [4.78, 5) is 21.9. The summed E-state index contributed by atoms with van der Waals surface area (Å²) in [5.74, 6) is -0.262. The maximum absolute atomic E-state index is 11.1. The SMILES string of the molecule is O=C1NC(=O)C(CCn2cccn2)N1. The second-order valence-electron chi connectivity index (χ2n) is 3.07. The van der Waals surface area contributed by atoms with Crippen LogP contribution in [0.2, 0.25) is 0 Å². The first kappa shape index (κ1) is 8.74. The molecular formula is C8H10N4O2. The van der Waals surface area contributed by atoms with E-state index in [0.717, 1.165) is 0 Å². The highest BCUT2D eigenvalue weighted by Gasteiger charge is 2.28. The highest BCUT2D eigenvalue weighted by atomic mass is 16.2. The Balaban J connectivity index is 1.87. The van der Waals surface area contributed by atoms with Gasteiger partial charge in [0.1, 0.15) is 6.04 Å². The number of carbonyl (C=O) groups is 2. The maximum atomic E-state index is 11.1. The number of nitrogens with zero attached hydrogens (tertiary/aromatic N) is 2. The molecule has 14 heavy (non-hydrogen) atoms. The van der Waals surface area contributed by atoms with Gasteiger partial charge in [-0.25, -0.2) is 4.79 Å². The van der Waals surface area contributed by atoms with Crippen LogP contribution < -0.4 is 10.6 Å². The summed E-state index contributed by atoms with van der Waals surface area (Å²) in [6.07, 6.45) is 4.04. The van der Waals surface area contributed by atoms with Gasteiger partial charge in [-0.15, -0.1) is 0 Å². The van der Waals surface area contributed by atoms with E-state index >= 15 is 0 Å². The zero-order valence-corrected chi connectivity index (χ0v) is 7.43. The minimum absolute atomic E-state index is 0.262. The Bertz CT molecular complexity index is 346. The molecule has 0 bridgehead atoms. The third kappa shape index (κ3) is 1.73. The van der Waals surface area contributed by atoms with E-state index in [1.54, 1.807) is 10.9 Å². The zero-order valence-electron chi connectivity index (χ0n) is 7.43. The van der Waals surface area contributed by atoms with Crippen molar-refractivity contribution in [3.05, 3.63) is 18.5 Å². The lowest BCUT2D eigenvalue weighted by atomic mass is 10.2. The van der Waals surface area contributed by atoms with Crippen LogP contribution in [0.4, 0.5) is 4.79 Å². The molecule has 1 fully saturated rings. The Morgan fingerprint density at radius 2 is 2.36 bits per heavy atom. The minimum atomic E-state index is -0.424. The van der Waals surface area contributed by atoms with Crippen LogP contribution in [0, 0.1) is 0 Å². The average molecular weight is 194 g/mol. The molecule has 3 amide bonds. The lowest BCUT2D eigenvalue weighted by molar-refractivity contribution is -0.120. The van der Waals surface area contributed by atoms with Gasteiger partial charge < -0.3 is 5.32 Å². The van der Waals surface area contributed by atoms with Crippen LogP contribution in [0.1, 0.15) is 6.42 Å². The first-order valence-corrected chi connectivity index (χ1v) is 4.34. The lowest BCUT2D eigenvalue weighted by Gasteiger charge is -2.06. The van der Waals surface area contributed by atoms with E-state index in [4.69, 9.17) is 0 Å². The molecule has 0 saturated carbocycles. The summed E-state index contributed by atoms with van der Waals surface area (Å²) in [5.41, 5.74) is 0. The number of rotatable bonds is 3. The summed E-state index contributed by atoms with van der Waals surface area (Å²) < 4.78 is 1.72. The molecule has 6 nitrogen and oxygen atoms in total. The first-order chi connectivity index (χ1) is 6.75. The van der Waals surface area contributed by atoms with E-state index in [0.29, 0.717) is 13.0 Å². The van der Waals surface area contributed by atoms with Gasteiger partial charge in [0.15, 0.2) is 0 Å². The minimum Gasteiger partial charge on any atom is -0.326 e. The molecule has 2 rings (SSSR count). The molecule has 2 N–H and O–H groups in total. The van der Waals surface area contributed by atoms with E-state index in [9.17, 15) is 9.59 Å². The maximum Gasteiger partial charge on any atom is 0.322 e. The number of hydrogen-bond acceptors (Lipinski definition) is 3. The molecule has 1 saturated heterocycles. The molecule has 0 radical (unpaired) electrons. The van der Waals surface area contributed by atoms with E-state index in [1.165, 1.54) is 0 Å². The van der Waals surface area contributed by atoms with Gasteiger partial charge >= 0.3 is 6.03 Å². The van der Waals surface area contributed by atoms with Crippen molar-refractivity contribution >= 4 is 11.9 Å². The van der Waals surface area contributed by atoms with Crippen molar-refractivity contribution < 1.29 is 9.59 Å². The summed E-state index contributed by atoms with van der Waals surface area (Å²) in [6, 6.07) is 0.972. The van der Waals surface area contributed by atoms with E-state index in [2.05, 4.69) is 15.7 Å². The Hall–Kier alpha value is -1.85. The van der Waals surface area contributed by atoms with Gasteiger partial charge in [0, 0.05) is 18.9 Å². The number of carbonyl (C=O) groups excluding carboxylic acids is 2. The van der Waals surface area contributed by atoms with Crippen LogP contribution in [-0.2, 0) is 11.3 Å². The first-order valence-electron chi connectivity index (χ1n) is 4.34. The van der Waals surface area contributed by atoms with Gasteiger partial charge in [-0.2, -0.15) is 5.10 Å².